The third kappa shape index (κ3) is 5.37. The van der Waals surface area contributed by atoms with Gasteiger partial charge < -0.3 is 20.1 Å². The van der Waals surface area contributed by atoms with Gasteiger partial charge in [-0.3, -0.25) is 4.79 Å². The van der Waals surface area contributed by atoms with E-state index < -0.39 is 0 Å². The molecule has 1 aliphatic heterocycles. The lowest BCUT2D eigenvalue weighted by molar-refractivity contribution is -0.125. The fourth-order valence-corrected chi connectivity index (χ4v) is 4.22. The molecule has 1 aromatic carbocycles. The van der Waals surface area contributed by atoms with Crippen molar-refractivity contribution in [3.8, 4) is 11.5 Å². The minimum absolute atomic E-state index is 0.0201. The van der Waals surface area contributed by atoms with Gasteiger partial charge in [0.25, 0.3) is 0 Å². The van der Waals surface area contributed by atoms with Gasteiger partial charge >= 0.3 is 0 Å². The number of ether oxygens (including phenoxy) is 2. The number of rotatable bonds is 6. The molecule has 0 radical (unpaired) electrons. The van der Waals surface area contributed by atoms with Crippen molar-refractivity contribution in [2.24, 2.45) is 5.92 Å². The van der Waals surface area contributed by atoms with Crippen LogP contribution in [-0.4, -0.2) is 37.2 Å². The fourth-order valence-electron chi connectivity index (χ4n) is 4.22. The molecular weight excluding hydrogens is 328 g/mol. The van der Waals surface area contributed by atoms with Gasteiger partial charge in [-0.25, -0.2) is 0 Å². The van der Waals surface area contributed by atoms with Gasteiger partial charge in [-0.1, -0.05) is 13.0 Å². The quantitative estimate of drug-likeness (QED) is 0.815. The monoisotopic (exact) mass is 362 g/mol. The minimum Gasteiger partial charge on any atom is -0.493 e. The smallest absolute Gasteiger partial charge is 0.223 e. The van der Waals surface area contributed by atoms with E-state index in [1.165, 1.54) is 0 Å². The van der Waals surface area contributed by atoms with Crippen LogP contribution in [0.4, 0.5) is 0 Å². The maximum atomic E-state index is 12.7. The Balaban J connectivity index is 1.99. The Kier molecular flexibility index (Phi) is 6.22. The fraction of sp³-hybridized carbons (Fsp3) is 0.667. The molecule has 5 heteroatoms. The molecule has 1 fully saturated rings. The van der Waals surface area contributed by atoms with Crippen LogP contribution < -0.4 is 20.1 Å². The summed E-state index contributed by atoms with van der Waals surface area (Å²) in [4.78, 5) is 12.7. The lowest BCUT2D eigenvalue weighted by Crippen LogP contribution is -2.62. The highest BCUT2D eigenvalue weighted by Crippen LogP contribution is 2.30. The SMILES string of the molecule is COc1ccc(CC(C)C(=O)NC2CC(C)(C)NC(C)(C)C2)cc1OC. The first-order valence-corrected chi connectivity index (χ1v) is 9.36. The second-order valence-corrected chi connectivity index (χ2v) is 8.80. The Hall–Kier alpha value is -1.75. The van der Waals surface area contributed by atoms with Gasteiger partial charge in [-0.15, -0.1) is 0 Å². The Morgan fingerprint density at radius 3 is 2.27 bits per heavy atom. The van der Waals surface area contributed by atoms with Crippen molar-refractivity contribution >= 4 is 5.91 Å². The standard InChI is InChI=1S/C21H34N2O3/c1-14(10-15-8-9-17(25-6)18(11-15)26-7)19(24)22-16-12-20(2,3)23-21(4,5)13-16/h8-9,11,14,16,23H,10,12-13H2,1-7H3,(H,22,24). The summed E-state index contributed by atoms with van der Waals surface area (Å²) >= 11 is 0. The maximum Gasteiger partial charge on any atom is 0.223 e. The number of hydrogen-bond acceptors (Lipinski definition) is 4. The zero-order valence-electron chi connectivity index (χ0n) is 17.2. The number of methoxy groups -OCH3 is 2. The highest BCUT2D eigenvalue weighted by atomic mass is 16.5. The highest BCUT2D eigenvalue weighted by Gasteiger charge is 2.38. The van der Waals surface area contributed by atoms with E-state index in [4.69, 9.17) is 9.47 Å². The molecule has 0 aromatic heterocycles. The van der Waals surface area contributed by atoms with E-state index in [1.807, 2.05) is 25.1 Å². The number of piperidine rings is 1. The van der Waals surface area contributed by atoms with Crippen LogP contribution in [-0.2, 0) is 11.2 Å². The molecule has 0 saturated carbocycles. The first kappa shape index (κ1) is 20.6. The average molecular weight is 363 g/mol. The van der Waals surface area contributed by atoms with E-state index in [2.05, 4.69) is 38.3 Å². The molecule has 1 unspecified atom stereocenters. The predicted molar refractivity (Wildman–Crippen MR) is 105 cm³/mol. The van der Waals surface area contributed by atoms with Gasteiger partial charge in [-0.05, 0) is 64.7 Å². The summed E-state index contributed by atoms with van der Waals surface area (Å²) in [7, 11) is 3.24. The molecule has 1 amide bonds. The minimum atomic E-state index is -0.103. The summed E-state index contributed by atoms with van der Waals surface area (Å²) < 4.78 is 10.6. The van der Waals surface area contributed by atoms with Crippen LogP contribution >= 0.6 is 0 Å². The van der Waals surface area contributed by atoms with Crippen molar-refractivity contribution < 1.29 is 14.3 Å². The van der Waals surface area contributed by atoms with Gasteiger partial charge in [0.05, 0.1) is 14.2 Å². The predicted octanol–water partition coefficient (Wildman–Crippen LogP) is 3.31. The van der Waals surface area contributed by atoms with Crippen LogP contribution in [0.3, 0.4) is 0 Å². The molecule has 2 rings (SSSR count). The van der Waals surface area contributed by atoms with Crippen molar-refractivity contribution in [2.45, 2.75) is 71.0 Å². The van der Waals surface area contributed by atoms with Crippen LogP contribution in [0, 0.1) is 5.92 Å². The summed E-state index contributed by atoms with van der Waals surface area (Å²) in [6.45, 7) is 10.8. The van der Waals surface area contributed by atoms with E-state index in [1.54, 1.807) is 14.2 Å². The van der Waals surface area contributed by atoms with Crippen molar-refractivity contribution in [3.63, 3.8) is 0 Å². The van der Waals surface area contributed by atoms with E-state index in [9.17, 15) is 4.79 Å². The van der Waals surface area contributed by atoms with Crippen molar-refractivity contribution in [1.29, 1.82) is 0 Å². The van der Waals surface area contributed by atoms with Gasteiger partial charge in [0, 0.05) is 23.0 Å². The summed E-state index contributed by atoms with van der Waals surface area (Å²) in [6, 6.07) is 6.01. The van der Waals surface area contributed by atoms with E-state index >= 15 is 0 Å². The number of carbonyl (C=O) groups excluding carboxylic acids is 1. The Bertz CT molecular complexity index is 624. The molecule has 0 spiro atoms. The van der Waals surface area contributed by atoms with Crippen molar-refractivity contribution in [2.75, 3.05) is 14.2 Å². The van der Waals surface area contributed by atoms with Gasteiger partial charge in [0.1, 0.15) is 0 Å². The molecule has 0 bridgehead atoms. The Morgan fingerprint density at radius 2 is 1.73 bits per heavy atom. The normalized spacial score (nSPS) is 20.3. The third-order valence-corrected chi connectivity index (χ3v) is 4.97. The number of nitrogens with one attached hydrogen (secondary N) is 2. The molecule has 5 nitrogen and oxygen atoms in total. The van der Waals surface area contributed by atoms with E-state index in [0.29, 0.717) is 17.9 Å². The third-order valence-electron chi connectivity index (χ3n) is 4.97. The summed E-state index contributed by atoms with van der Waals surface area (Å²) in [6.07, 6.45) is 2.54. The second-order valence-electron chi connectivity index (χ2n) is 8.80. The molecule has 1 aromatic rings. The van der Waals surface area contributed by atoms with Crippen molar-refractivity contribution in [3.05, 3.63) is 23.8 Å². The van der Waals surface area contributed by atoms with Gasteiger partial charge in [0.15, 0.2) is 11.5 Å². The maximum absolute atomic E-state index is 12.7. The average Bonchev–Trinajstić information content (AvgIpc) is 2.51. The van der Waals surface area contributed by atoms with Crippen LogP contribution in [0.15, 0.2) is 18.2 Å². The second kappa shape index (κ2) is 7.87. The summed E-state index contributed by atoms with van der Waals surface area (Å²) in [5, 5.41) is 6.92. The number of benzene rings is 1. The first-order chi connectivity index (χ1) is 12.0. The van der Waals surface area contributed by atoms with Gasteiger partial charge in [-0.2, -0.15) is 0 Å². The molecule has 2 N–H and O–H groups in total. The molecular formula is C21H34N2O3. The lowest BCUT2D eigenvalue weighted by Gasteiger charge is -2.46. The number of amides is 1. The zero-order valence-corrected chi connectivity index (χ0v) is 17.2. The van der Waals surface area contributed by atoms with Crippen LogP contribution in [0.25, 0.3) is 0 Å². The highest BCUT2D eigenvalue weighted by molar-refractivity contribution is 5.79. The van der Waals surface area contributed by atoms with Crippen molar-refractivity contribution in [1.82, 2.24) is 10.6 Å². The molecule has 146 valence electrons. The van der Waals surface area contributed by atoms with E-state index in [0.717, 1.165) is 18.4 Å². The molecule has 0 aliphatic carbocycles. The topological polar surface area (TPSA) is 59.6 Å². The summed E-state index contributed by atoms with van der Waals surface area (Å²) in [5.41, 5.74) is 1.11. The molecule has 1 atom stereocenters. The summed E-state index contributed by atoms with van der Waals surface area (Å²) in [5.74, 6) is 1.40. The molecule has 1 aliphatic rings. The van der Waals surface area contributed by atoms with Crippen LogP contribution in [0.2, 0.25) is 0 Å². The Morgan fingerprint density at radius 1 is 1.15 bits per heavy atom. The molecule has 1 heterocycles. The van der Waals surface area contributed by atoms with Crippen LogP contribution in [0.5, 0.6) is 11.5 Å². The van der Waals surface area contributed by atoms with E-state index in [-0.39, 0.29) is 28.9 Å². The molecule has 1 saturated heterocycles. The van der Waals surface area contributed by atoms with Crippen LogP contribution in [0.1, 0.15) is 53.0 Å². The molecule has 26 heavy (non-hydrogen) atoms. The number of hydrogen-bond donors (Lipinski definition) is 2. The number of carbonyl (C=O) groups is 1. The zero-order chi connectivity index (χ0) is 19.5. The first-order valence-electron chi connectivity index (χ1n) is 9.36. The lowest BCUT2D eigenvalue weighted by atomic mass is 9.79. The van der Waals surface area contributed by atoms with Gasteiger partial charge in [0.2, 0.25) is 5.91 Å². The largest absolute Gasteiger partial charge is 0.493 e. The Labute approximate surface area is 157 Å².